The van der Waals surface area contributed by atoms with Crippen molar-refractivity contribution in [1.29, 1.82) is 0 Å². The first kappa shape index (κ1) is 15.5. The Hall–Kier alpha value is -3.36. The number of aromatic nitrogens is 5. The Kier molecular flexibility index (Phi) is 4.15. The molecule has 0 aliphatic heterocycles. The van der Waals surface area contributed by atoms with E-state index in [4.69, 9.17) is 4.74 Å². The minimum Gasteiger partial charge on any atom is -0.497 e. The van der Waals surface area contributed by atoms with E-state index in [0.29, 0.717) is 0 Å². The van der Waals surface area contributed by atoms with Crippen molar-refractivity contribution in [1.82, 2.24) is 30.3 Å². The third-order valence-electron chi connectivity index (χ3n) is 3.52. The van der Waals surface area contributed by atoms with Crippen LogP contribution in [0.4, 0.5) is 0 Å². The van der Waals surface area contributed by atoms with E-state index in [2.05, 4.69) is 25.6 Å². The van der Waals surface area contributed by atoms with Crippen molar-refractivity contribution in [3.63, 3.8) is 0 Å². The largest absolute Gasteiger partial charge is 0.497 e. The SMILES string of the molecule is COc1ccc(-c2[nH]ncc2CNC(=O)c2nn(C)c(=O)[nH]2)cc1. The molecule has 0 saturated heterocycles. The second-order valence-electron chi connectivity index (χ2n) is 5.08. The van der Waals surface area contributed by atoms with Crippen LogP contribution in [-0.2, 0) is 13.6 Å². The van der Waals surface area contributed by atoms with Crippen molar-refractivity contribution in [3.05, 3.63) is 52.3 Å². The Morgan fingerprint density at radius 2 is 2.08 bits per heavy atom. The molecule has 9 heteroatoms. The Balaban J connectivity index is 1.73. The Morgan fingerprint density at radius 1 is 1.33 bits per heavy atom. The highest BCUT2D eigenvalue weighted by molar-refractivity contribution is 5.90. The summed E-state index contributed by atoms with van der Waals surface area (Å²) in [6, 6.07) is 7.48. The van der Waals surface area contributed by atoms with Gasteiger partial charge < -0.3 is 10.1 Å². The van der Waals surface area contributed by atoms with Crippen molar-refractivity contribution in [3.8, 4) is 17.0 Å². The summed E-state index contributed by atoms with van der Waals surface area (Å²) < 4.78 is 6.20. The Bertz CT molecular complexity index is 906. The van der Waals surface area contributed by atoms with Crippen LogP contribution < -0.4 is 15.7 Å². The molecule has 124 valence electrons. The van der Waals surface area contributed by atoms with Crippen LogP contribution in [0.5, 0.6) is 5.75 Å². The smallest absolute Gasteiger partial charge is 0.343 e. The number of benzene rings is 1. The van der Waals surface area contributed by atoms with E-state index in [1.165, 1.54) is 7.05 Å². The molecule has 0 unspecified atom stereocenters. The highest BCUT2D eigenvalue weighted by atomic mass is 16.5. The number of nitrogens with one attached hydrogen (secondary N) is 3. The van der Waals surface area contributed by atoms with Gasteiger partial charge in [0.2, 0.25) is 5.82 Å². The van der Waals surface area contributed by atoms with E-state index in [9.17, 15) is 9.59 Å². The molecule has 0 fully saturated rings. The molecular formula is C15H16N6O3. The van der Waals surface area contributed by atoms with Gasteiger partial charge in [0, 0.05) is 24.7 Å². The van der Waals surface area contributed by atoms with Crippen LogP contribution in [0.3, 0.4) is 0 Å². The van der Waals surface area contributed by atoms with Gasteiger partial charge in [0.1, 0.15) is 5.75 Å². The lowest BCUT2D eigenvalue weighted by atomic mass is 10.1. The molecule has 0 saturated carbocycles. The fourth-order valence-electron chi connectivity index (χ4n) is 2.22. The van der Waals surface area contributed by atoms with Crippen LogP contribution in [0.15, 0.2) is 35.3 Å². The van der Waals surface area contributed by atoms with E-state index in [0.717, 1.165) is 27.3 Å². The van der Waals surface area contributed by atoms with E-state index >= 15 is 0 Å². The lowest BCUT2D eigenvalue weighted by Crippen LogP contribution is -2.24. The van der Waals surface area contributed by atoms with Gasteiger partial charge in [-0.25, -0.2) is 9.48 Å². The van der Waals surface area contributed by atoms with Crippen LogP contribution >= 0.6 is 0 Å². The van der Waals surface area contributed by atoms with Crippen LogP contribution in [-0.4, -0.2) is 38.0 Å². The molecule has 1 amide bonds. The van der Waals surface area contributed by atoms with Gasteiger partial charge in [-0.2, -0.15) is 5.10 Å². The predicted octanol–water partition coefficient (Wildman–Crippen LogP) is 0.437. The summed E-state index contributed by atoms with van der Waals surface area (Å²) in [5, 5.41) is 13.5. The molecule has 0 bridgehead atoms. The van der Waals surface area contributed by atoms with Crippen molar-refractivity contribution in [2.24, 2.45) is 7.05 Å². The molecule has 0 aliphatic carbocycles. The zero-order chi connectivity index (χ0) is 17.1. The summed E-state index contributed by atoms with van der Waals surface area (Å²) in [5.74, 6) is 0.263. The van der Waals surface area contributed by atoms with Crippen LogP contribution in [0.25, 0.3) is 11.3 Å². The molecular weight excluding hydrogens is 312 g/mol. The maximum Gasteiger partial charge on any atom is 0.343 e. The molecule has 3 rings (SSSR count). The van der Waals surface area contributed by atoms with E-state index < -0.39 is 11.6 Å². The van der Waals surface area contributed by atoms with Gasteiger partial charge in [-0.3, -0.25) is 14.9 Å². The summed E-state index contributed by atoms with van der Waals surface area (Å²) in [6.45, 7) is 0.245. The number of carbonyl (C=O) groups is 1. The van der Waals surface area contributed by atoms with Gasteiger partial charge in [0.15, 0.2) is 0 Å². The lowest BCUT2D eigenvalue weighted by molar-refractivity contribution is 0.0940. The van der Waals surface area contributed by atoms with Gasteiger partial charge >= 0.3 is 5.69 Å². The quantitative estimate of drug-likeness (QED) is 0.628. The first-order valence-corrected chi connectivity index (χ1v) is 7.16. The molecule has 3 aromatic rings. The molecule has 24 heavy (non-hydrogen) atoms. The third-order valence-corrected chi connectivity index (χ3v) is 3.52. The predicted molar refractivity (Wildman–Crippen MR) is 85.6 cm³/mol. The second-order valence-corrected chi connectivity index (χ2v) is 5.08. The number of carbonyl (C=O) groups excluding carboxylic acids is 1. The molecule has 3 N–H and O–H groups in total. The molecule has 9 nitrogen and oxygen atoms in total. The third kappa shape index (κ3) is 3.05. The highest BCUT2D eigenvalue weighted by Crippen LogP contribution is 2.23. The standard InChI is InChI=1S/C15H16N6O3/c1-21-15(23)18-13(20-21)14(22)16-7-10-8-17-19-12(10)9-3-5-11(24-2)6-4-9/h3-6,8H,7H2,1-2H3,(H,16,22)(H,17,19)(H,18,20,23). The minimum atomic E-state index is -0.463. The van der Waals surface area contributed by atoms with Gasteiger partial charge in [-0.05, 0) is 24.3 Å². The number of H-pyrrole nitrogens is 2. The first-order chi connectivity index (χ1) is 11.6. The maximum absolute atomic E-state index is 12.0. The van der Waals surface area contributed by atoms with Crippen molar-refractivity contribution >= 4 is 5.91 Å². The summed E-state index contributed by atoms with van der Waals surface area (Å²) in [5.41, 5.74) is 2.09. The van der Waals surface area contributed by atoms with Gasteiger partial charge in [0.25, 0.3) is 5.91 Å². The molecule has 1 aromatic carbocycles. The van der Waals surface area contributed by atoms with Crippen molar-refractivity contribution in [2.45, 2.75) is 6.54 Å². The fourth-order valence-corrected chi connectivity index (χ4v) is 2.22. The number of aromatic amines is 2. The molecule has 0 spiro atoms. The number of hydrogen-bond acceptors (Lipinski definition) is 5. The topological polar surface area (TPSA) is 118 Å². The molecule has 2 aromatic heterocycles. The molecule has 0 radical (unpaired) electrons. The van der Waals surface area contributed by atoms with Crippen LogP contribution in [0.2, 0.25) is 0 Å². The van der Waals surface area contributed by atoms with Crippen LogP contribution in [0, 0.1) is 0 Å². The highest BCUT2D eigenvalue weighted by Gasteiger charge is 2.13. The first-order valence-electron chi connectivity index (χ1n) is 7.16. The van der Waals surface area contributed by atoms with Crippen molar-refractivity contribution in [2.75, 3.05) is 7.11 Å². The summed E-state index contributed by atoms with van der Waals surface area (Å²) in [6.07, 6.45) is 1.64. The van der Waals surface area contributed by atoms with Gasteiger partial charge in [-0.15, -0.1) is 5.10 Å². The summed E-state index contributed by atoms with van der Waals surface area (Å²) in [7, 11) is 3.07. The van der Waals surface area contributed by atoms with E-state index in [1.807, 2.05) is 24.3 Å². The summed E-state index contributed by atoms with van der Waals surface area (Å²) >= 11 is 0. The maximum atomic E-state index is 12.0. The number of methoxy groups -OCH3 is 1. The number of amides is 1. The number of ether oxygens (including phenoxy) is 1. The Morgan fingerprint density at radius 3 is 2.71 bits per heavy atom. The summed E-state index contributed by atoms with van der Waals surface area (Å²) in [4.78, 5) is 25.7. The zero-order valence-corrected chi connectivity index (χ0v) is 13.2. The lowest BCUT2D eigenvalue weighted by Gasteiger charge is -2.06. The number of rotatable bonds is 5. The number of aryl methyl sites for hydroxylation is 1. The van der Waals surface area contributed by atoms with E-state index in [-0.39, 0.29) is 12.4 Å². The minimum absolute atomic E-state index is 0.0306. The number of nitrogens with zero attached hydrogens (tertiary/aromatic N) is 3. The van der Waals surface area contributed by atoms with E-state index in [1.54, 1.807) is 13.3 Å². The monoisotopic (exact) mass is 328 g/mol. The van der Waals surface area contributed by atoms with Crippen LogP contribution in [0.1, 0.15) is 16.2 Å². The molecule has 0 atom stereocenters. The molecule has 0 aliphatic rings. The normalized spacial score (nSPS) is 10.6. The average molecular weight is 328 g/mol. The molecule has 2 heterocycles. The van der Waals surface area contributed by atoms with Gasteiger partial charge in [0.05, 0.1) is 19.0 Å². The fraction of sp³-hybridized carbons (Fsp3) is 0.200. The Labute approximate surface area is 136 Å². The zero-order valence-electron chi connectivity index (χ0n) is 13.2. The average Bonchev–Trinajstić information content (AvgIpc) is 3.20. The van der Waals surface area contributed by atoms with Crippen molar-refractivity contribution < 1.29 is 9.53 Å². The second kappa shape index (κ2) is 6.41. The number of hydrogen-bond donors (Lipinski definition) is 3. The van der Waals surface area contributed by atoms with Gasteiger partial charge in [-0.1, -0.05) is 0 Å².